The second-order valence-corrected chi connectivity index (χ2v) is 5.30. The summed E-state index contributed by atoms with van der Waals surface area (Å²) in [6.07, 6.45) is 0.387. The van der Waals surface area contributed by atoms with Crippen LogP contribution in [0.3, 0.4) is 0 Å². The van der Waals surface area contributed by atoms with Gasteiger partial charge in [-0.2, -0.15) is 0 Å². The van der Waals surface area contributed by atoms with Gasteiger partial charge in [0, 0.05) is 0 Å². The third kappa shape index (κ3) is 3.92. The maximum absolute atomic E-state index is 10.9. The zero-order valence-corrected chi connectivity index (χ0v) is 12.1. The Bertz CT molecular complexity index is 225. The molecule has 0 aromatic rings. The summed E-state index contributed by atoms with van der Waals surface area (Å²) >= 11 is 1.32. The summed E-state index contributed by atoms with van der Waals surface area (Å²) < 4.78 is 6.05. The molecule has 1 fully saturated rings. The van der Waals surface area contributed by atoms with Crippen molar-refractivity contribution in [1.29, 1.82) is 0 Å². The molecule has 4 nitrogen and oxygen atoms in total. The molecule has 0 saturated carbocycles. The van der Waals surface area contributed by atoms with Gasteiger partial charge in [-0.05, 0) is 0 Å². The van der Waals surface area contributed by atoms with Crippen LogP contribution in [-0.2, 0) is 9.53 Å². The van der Waals surface area contributed by atoms with Crippen LogP contribution in [0.4, 0.5) is 0 Å². The van der Waals surface area contributed by atoms with Gasteiger partial charge in [0.15, 0.2) is 0 Å². The number of rotatable bonds is 3. The van der Waals surface area contributed by atoms with Gasteiger partial charge in [0.1, 0.15) is 0 Å². The summed E-state index contributed by atoms with van der Waals surface area (Å²) in [5, 5.41) is 9.89. The Balaban J connectivity index is 2.61. The van der Waals surface area contributed by atoms with Gasteiger partial charge < -0.3 is 0 Å². The van der Waals surface area contributed by atoms with Crippen LogP contribution < -0.4 is 0 Å². The number of likely N-dealkylation sites (tertiary alicyclic amines) is 1. The molecule has 1 aliphatic rings. The van der Waals surface area contributed by atoms with E-state index in [1.54, 1.807) is 0 Å². The van der Waals surface area contributed by atoms with Crippen molar-refractivity contribution >= 4 is 28.5 Å². The van der Waals surface area contributed by atoms with Gasteiger partial charge in [-0.15, -0.1) is 0 Å². The molecule has 1 heterocycles. The van der Waals surface area contributed by atoms with E-state index in [9.17, 15) is 9.90 Å². The average Bonchev–Trinajstić information content (AvgIpc) is 2.19. The SMILES string of the molecule is CC(=O)OC1CCN(C)CC1C(O)[CH2][Sn]. The summed E-state index contributed by atoms with van der Waals surface area (Å²) in [6, 6.07) is 0. The predicted molar refractivity (Wildman–Crippen MR) is 57.7 cm³/mol. The standard InChI is InChI=1S/C10H18NO3.Sn/c1-7(12)9-6-11(3)5-4-10(9)14-8(2)13;/h7,9-10,12H,1,4-6H2,2-3H3;. The van der Waals surface area contributed by atoms with Crippen LogP contribution in [0, 0.1) is 5.92 Å². The van der Waals surface area contributed by atoms with Gasteiger partial charge in [-0.3, -0.25) is 0 Å². The maximum atomic E-state index is 10.9. The van der Waals surface area contributed by atoms with Crippen LogP contribution in [0.25, 0.3) is 0 Å². The molecular weight excluding hydrogens is 301 g/mol. The van der Waals surface area contributed by atoms with E-state index in [-0.39, 0.29) is 24.1 Å². The van der Waals surface area contributed by atoms with E-state index in [1.165, 1.54) is 29.4 Å². The molecule has 3 unspecified atom stereocenters. The van der Waals surface area contributed by atoms with Crippen molar-refractivity contribution in [2.45, 2.75) is 30.0 Å². The fourth-order valence-electron chi connectivity index (χ4n) is 2.01. The Hall–Kier alpha value is 0.189. The fourth-order valence-corrected chi connectivity index (χ4v) is 2.87. The molecule has 0 spiro atoms. The van der Waals surface area contributed by atoms with Crippen molar-refractivity contribution in [1.82, 2.24) is 4.90 Å². The van der Waals surface area contributed by atoms with Gasteiger partial charge in [0.25, 0.3) is 0 Å². The molecule has 0 bridgehead atoms. The molecule has 0 aliphatic carbocycles. The van der Waals surface area contributed by atoms with Crippen molar-refractivity contribution in [2.75, 3.05) is 20.1 Å². The molecule has 5 heteroatoms. The minimum absolute atomic E-state index is 0.0759. The van der Waals surface area contributed by atoms with Crippen LogP contribution in [0.5, 0.6) is 0 Å². The molecule has 1 N–H and O–H groups in total. The van der Waals surface area contributed by atoms with E-state index in [1.807, 2.05) is 7.05 Å². The summed E-state index contributed by atoms with van der Waals surface area (Å²) in [7, 11) is 2.03. The quantitative estimate of drug-likeness (QED) is 0.579. The van der Waals surface area contributed by atoms with E-state index in [0.717, 1.165) is 23.9 Å². The van der Waals surface area contributed by atoms with E-state index >= 15 is 0 Å². The van der Waals surface area contributed by atoms with Crippen LogP contribution >= 0.6 is 0 Å². The van der Waals surface area contributed by atoms with Gasteiger partial charge >= 0.3 is 104 Å². The number of aliphatic hydroxyl groups is 1. The van der Waals surface area contributed by atoms with Crippen LogP contribution in [0.15, 0.2) is 0 Å². The predicted octanol–water partition coefficient (Wildman–Crippen LogP) is -0.182. The van der Waals surface area contributed by atoms with Gasteiger partial charge in [-0.25, -0.2) is 0 Å². The second kappa shape index (κ2) is 6.06. The first-order chi connectivity index (χ1) is 7.04. The van der Waals surface area contributed by atoms with E-state index < -0.39 is 0 Å². The number of aliphatic hydroxyl groups excluding tert-OH is 1. The van der Waals surface area contributed by atoms with Crippen molar-refractivity contribution < 1.29 is 14.6 Å². The zero-order valence-electron chi connectivity index (χ0n) is 9.27. The van der Waals surface area contributed by atoms with Crippen molar-refractivity contribution in [3.63, 3.8) is 0 Å². The molecule has 15 heavy (non-hydrogen) atoms. The Morgan fingerprint density at radius 1 is 1.73 bits per heavy atom. The molecule has 1 rings (SSSR count). The van der Waals surface area contributed by atoms with Gasteiger partial charge in [-0.1, -0.05) is 0 Å². The molecule has 1 saturated heterocycles. The number of piperidine rings is 1. The van der Waals surface area contributed by atoms with Crippen molar-refractivity contribution in [2.24, 2.45) is 5.92 Å². The van der Waals surface area contributed by atoms with Crippen molar-refractivity contribution in [3.05, 3.63) is 0 Å². The number of hydrogen-bond acceptors (Lipinski definition) is 4. The first-order valence-corrected chi connectivity index (χ1v) is 7.24. The molecule has 3 atom stereocenters. The number of carbonyl (C=O) groups is 1. The number of carbonyl (C=O) groups excluding carboxylic acids is 1. The third-order valence-electron chi connectivity index (χ3n) is 2.82. The summed E-state index contributed by atoms with van der Waals surface area (Å²) in [6.45, 7) is 3.17. The Morgan fingerprint density at radius 3 is 2.93 bits per heavy atom. The summed E-state index contributed by atoms with van der Waals surface area (Å²) in [5.41, 5.74) is 0. The Morgan fingerprint density at radius 2 is 2.40 bits per heavy atom. The number of esters is 1. The number of ether oxygens (including phenoxy) is 1. The number of nitrogens with zero attached hydrogens (tertiary/aromatic N) is 1. The Kier molecular flexibility index (Phi) is 5.35. The summed E-state index contributed by atoms with van der Waals surface area (Å²) in [5.74, 6) is -0.169. The first kappa shape index (κ1) is 13.3. The topological polar surface area (TPSA) is 49.8 Å². The summed E-state index contributed by atoms with van der Waals surface area (Å²) in [4.78, 5) is 13.1. The van der Waals surface area contributed by atoms with E-state index in [4.69, 9.17) is 4.74 Å². The minimum atomic E-state index is -0.338. The number of hydrogen-bond donors (Lipinski definition) is 1. The molecule has 1 aliphatic heterocycles. The zero-order chi connectivity index (χ0) is 11.4. The third-order valence-corrected chi connectivity index (χ3v) is 4.01. The molecule has 0 amide bonds. The molecule has 3 radical (unpaired) electrons. The monoisotopic (exact) mass is 320 g/mol. The first-order valence-electron chi connectivity index (χ1n) is 5.23. The Labute approximate surface area is 104 Å². The van der Waals surface area contributed by atoms with Gasteiger partial charge in [0.05, 0.1) is 0 Å². The molecular formula is C10H18NO3Sn. The molecule has 0 aromatic heterocycles. The molecule has 85 valence electrons. The van der Waals surface area contributed by atoms with Crippen LogP contribution in [0.1, 0.15) is 13.3 Å². The van der Waals surface area contributed by atoms with Crippen LogP contribution in [-0.4, -0.2) is 70.8 Å². The van der Waals surface area contributed by atoms with Crippen molar-refractivity contribution in [3.8, 4) is 0 Å². The average molecular weight is 319 g/mol. The molecule has 0 aromatic carbocycles. The van der Waals surface area contributed by atoms with Crippen LogP contribution in [0.2, 0.25) is 4.44 Å². The fraction of sp³-hybridized carbons (Fsp3) is 0.900. The van der Waals surface area contributed by atoms with E-state index in [2.05, 4.69) is 4.90 Å². The van der Waals surface area contributed by atoms with Gasteiger partial charge in [0.2, 0.25) is 0 Å². The second-order valence-electron chi connectivity index (χ2n) is 4.13. The van der Waals surface area contributed by atoms with E-state index in [0.29, 0.717) is 0 Å². The normalized spacial score (nSPS) is 29.9.